The minimum absolute atomic E-state index is 0.0349. The van der Waals surface area contributed by atoms with Crippen LogP contribution in [0.25, 0.3) is 0 Å². The molecular weight excluding hydrogens is 474 g/mol. The number of carbonyl (C=O) groups excluding carboxylic acids is 1. The number of nitro groups is 1. The van der Waals surface area contributed by atoms with E-state index in [1.807, 2.05) is 24.3 Å². The number of nitriles is 1. The summed E-state index contributed by atoms with van der Waals surface area (Å²) in [7, 11) is 0. The van der Waals surface area contributed by atoms with Gasteiger partial charge >= 0.3 is 5.97 Å². The summed E-state index contributed by atoms with van der Waals surface area (Å²) >= 11 is 0. The second kappa shape index (κ2) is 11.3. The van der Waals surface area contributed by atoms with Crippen molar-refractivity contribution in [2.75, 3.05) is 6.61 Å². The predicted octanol–water partition coefficient (Wildman–Crippen LogP) is 5.60. The zero-order valence-electron chi connectivity index (χ0n) is 20.2. The van der Waals surface area contributed by atoms with Crippen molar-refractivity contribution in [2.24, 2.45) is 5.73 Å². The Morgan fingerprint density at radius 2 is 1.92 bits per heavy atom. The molecule has 3 aromatic carbocycles. The molecule has 1 unspecified atom stereocenters. The number of allylic oxidation sites excluding steroid dienone is 1. The van der Waals surface area contributed by atoms with Gasteiger partial charge < -0.3 is 19.9 Å². The summed E-state index contributed by atoms with van der Waals surface area (Å²) in [6.07, 6.45) is 3.13. The Morgan fingerprint density at radius 1 is 1.11 bits per heavy atom. The number of hydrogen-bond acceptors (Lipinski definition) is 8. The second-order valence-electron chi connectivity index (χ2n) is 8.45. The van der Waals surface area contributed by atoms with Gasteiger partial charge in [0.05, 0.1) is 23.0 Å². The van der Waals surface area contributed by atoms with Crippen molar-refractivity contribution in [3.05, 3.63) is 105 Å². The van der Waals surface area contributed by atoms with E-state index in [1.54, 1.807) is 12.1 Å². The highest BCUT2D eigenvalue weighted by Gasteiger charge is 2.31. The van der Waals surface area contributed by atoms with E-state index in [4.69, 9.17) is 19.9 Å². The smallest absolute Gasteiger partial charge is 0.343 e. The molecule has 37 heavy (non-hydrogen) atoms. The maximum atomic E-state index is 12.6. The molecule has 0 radical (unpaired) electrons. The van der Waals surface area contributed by atoms with Gasteiger partial charge in [0.2, 0.25) is 5.88 Å². The number of esters is 1. The minimum atomic E-state index is -0.759. The molecule has 1 aliphatic rings. The maximum Gasteiger partial charge on any atom is 0.343 e. The number of fused-ring (bicyclic) bond motifs is 1. The van der Waals surface area contributed by atoms with E-state index in [9.17, 15) is 20.2 Å². The van der Waals surface area contributed by atoms with Crippen molar-refractivity contribution >= 4 is 11.7 Å². The van der Waals surface area contributed by atoms with Gasteiger partial charge in [-0.25, -0.2) is 4.79 Å². The molecule has 0 saturated heterocycles. The Labute approximate surface area is 213 Å². The van der Waals surface area contributed by atoms with Crippen LogP contribution in [-0.2, 0) is 0 Å². The third-order valence-electron chi connectivity index (χ3n) is 5.90. The quantitative estimate of drug-likeness (QED) is 0.132. The topological polar surface area (TPSA) is 138 Å². The largest absolute Gasteiger partial charge is 0.494 e. The van der Waals surface area contributed by atoms with Gasteiger partial charge in [0.25, 0.3) is 5.69 Å². The number of nitrogens with two attached hydrogens (primary N) is 1. The number of unbranched alkanes of at least 4 members (excludes halogenated alkanes) is 2. The standard InChI is InChI=1S/C28H25N3O6/c1-2-3-4-13-35-21-10-6-7-18(15-21)26-23-12-11-22(16-25(23)37-27(30)24(26)17-29)36-28(32)19-8-5-9-20(14-19)31(33)34/h5-12,14-16,26H,2-4,13,30H2,1H3. The Bertz CT molecular complexity index is 1410. The molecule has 0 fully saturated rings. The van der Waals surface area contributed by atoms with E-state index in [2.05, 4.69) is 13.0 Å². The highest BCUT2D eigenvalue weighted by atomic mass is 16.6. The Morgan fingerprint density at radius 3 is 2.68 bits per heavy atom. The molecule has 0 spiro atoms. The molecule has 0 saturated carbocycles. The molecule has 3 aromatic rings. The fraction of sp³-hybridized carbons (Fsp3) is 0.214. The molecule has 0 aliphatic carbocycles. The summed E-state index contributed by atoms with van der Waals surface area (Å²) in [4.78, 5) is 23.0. The van der Waals surface area contributed by atoms with Crippen molar-refractivity contribution < 1.29 is 23.9 Å². The zero-order valence-corrected chi connectivity index (χ0v) is 20.2. The Balaban J connectivity index is 1.61. The van der Waals surface area contributed by atoms with Crippen molar-refractivity contribution in [3.8, 4) is 23.3 Å². The van der Waals surface area contributed by atoms with Crippen molar-refractivity contribution in [1.82, 2.24) is 0 Å². The second-order valence-corrected chi connectivity index (χ2v) is 8.45. The monoisotopic (exact) mass is 499 g/mol. The number of hydrogen-bond donors (Lipinski definition) is 1. The summed E-state index contributed by atoms with van der Waals surface area (Å²) in [5.41, 5.74) is 7.66. The maximum absolute atomic E-state index is 12.6. The lowest BCUT2D eigenvalue weighted by molar-refractivity contribution is -0.384. The van der Waals surface area contributed by atoms with Crippen LogP contribution in [-0.4, -0.2) is 17.5 Å². The average Bonchev–Trinajstić information content (AvgIpc) is 2.90. The van der Waals surface area contributed by atoms with Crippen LogP contribution in [0.5, 0.6) is 17.2 Å². The third-order valence-corrected chi connectivity index (χ3v) is 5.90. The highest BCUT2D eigenvalue weighted by Crippen LogP contribution is 2.44. The van der Waals surface area contributed by atoms with Gasteiger partial charge in [0.1, 0.15) is 28.9 Å². The fourth-order valence-corrected chi connectivity index (χ4v) is 4.08. The molecule has 1 aliphatic heterocycles. The first-order chi connectivity index (χ1) is 17.9. The molecule has 9 nitrogen and oxygen atoms in total. The van der Waals surface area contributed by atoms with Crippen molar-refractivity contribution in [3.63, 3.8) is 0 Å². The molecule has 9 heteroatoms. The van der Waals surface area contributed by atoms with Crippen LogP contribution in [0.2, 0.25) is 0 Å². The van der Waals surface area contributed by atoms with Crippen LogP contribution in [0.4, 0.5) is 5.69 Å². The number of benzene rings is 3. The first-order valence-corrected chi connectivity index (χ1v) is 11.8. The SMILES string of the molecule is CCCCCOc1cccc(C2C(C#N)=C(N)Oc3cc(OC(=O)c4cccc([N+](=O)[O-])c4)ccc32)c1. The van der Waals surface area contributed by atoms with Gasteiger partial charge in [-0.3, -0.25) is 10.1 Å². The van der Waals surface area contributed by atoms with E-state index in [0.717, 1.165) is 30.9 Å². The molecule has 2 N–H and O–H groups in total. The number of non-ortho nitro benzene ring substituents is 1. The molecule has 188 valence electrons. The Hall–Kier alpha value is -4.84. The normalized spacial score (nSPS) is 14.2. The van der Waals surface area contributed by atoms with Crippen LogP contribution in [0.1, 0.15) is 53.6 Å². The van der Waals surface area contributed by atoms with Crippen LogP contribution in [0, 0.1) is 21.4 Å². The summed E-state index contributed by atoms with van der Waals surface area (Å²) in [5, 5.41) is 20.8. The summed E-state index contributed by atoms with van der Waals surface area (Å²) < 4.78 is 17.0. The van der Waals surface area contributed by atoms with Crippen LogP contribution < -0.4 is 19.9 Å². The molecular formula is C28H25N3O6. The first kappa shape index (κ1) is 25.3. The zero-order chi connectivity index (χ0) is 26.4. The summed E-state index contributed by atoms with van der Waals surface area (Å²) in [6.45, 7) is 2.73. The lowest BCUT2D eigenvalue weighted by Gasteiger charge is -2.27. The van der Waals surface area contributed by atoms with E-state index in [1.165, 1.54) is 24.3 Å². The number of carbonyl (C=O) groups is 1. The molecule has 1 atom stereocenters. The van der Waals surface area contributed by atoms with Gasteiger partial charge in [-0.15, -0.1) is 0 Å². The van der Waals surface area contributed by atoms with Crippen molar-refractivity contribution in [1.29, 1.82) is 5.26 Å². The fourth-order valence-electron chi connectivity index (χ4n) is 4.08. The molecule has 1 heterocycles. The van der Waals surface area contributed by atoms with Gasteiger partial charge in [0, 0.05) is 23.8 Å². The van der Waals surface area contributed by atoms with E-state index >= 15 is 0 Å². The lowest BCUT2D eigenvalue weighted by Crippen LogP contribution is -2.21. The van der Waals surface area contributed by atoms with E-state index in [-0.39, 0.29) is 28.5 Å². The van der Waals surface area contributed by atoms with Crippen molar-refractivity contribution in [2.45, 2.75) is 32.1 Å². The van der Waals surface area contributed by atoms with Gasteiger partial charge in [-0.05, 0) is 36.2 Å². The lowest BCUT2D eigenvalue weighted by atomic mass is 9.83. The van der Waals surface area contributed by atoms with Crippen LogP contribution >= 0.6 is 0 Å². The van der Waals surface area contributed by atoms with E-state index < -0.39 is 16.8 Å². The third kappa shape index (κ3) is 5.70. The number of nitrogens with zero attached hydrogens (tertiary/aromatic N) is 2. The Kier molecular flexibility index (Phi) is 7.69. The molecule has 0 aromatic heterocycles. The number of nitro benzene ring substituents is 1. The summed E-state index contributed by atoms with van der Waals surface area (Å²) in [5.74, 6) is -0.119. The highest BCUT2D eigenvalue weighted by molar-refractivity contribution is 5.91. The number of rotatable bonds is 9. The van der Waals surface area contributed by atoms with Crippen LogP contribution in [0.3, 0.4) is 0 Å². The minimum Gasteiger partial charge on any atom is -0.494 e. The van der Waals surface area contributed by atoms with Crippen LogP contribution in [0.15, 0.2) is 78.2 Å². The number of ether oxygens (including phenoxy) is 3. The average molecular weight is 500 g/mol. The van der Waals surface area contributed by atoms with E-state index in [0.29, 0.717) is 23.7 Å². The van der Waals surface area contributed by atoms with Gasteiger partial charge in [-0.2, -0.15) is 5.26 Å². The summed E-state index contributed by atoms with van der Waals surface area (Å²) in [6, 6.07) is 19.7. The first-order valence-electron chi connectivity index (χ1n) is 11.8. The molecule has 4 rings (SSSR count). The van der Waals surface area contributed by atoms with Gasteiger partial charge in [-0.1, -0.05) is 44.0 Å². The molecule has 0 amide bonds. The van der Waals surface area contributed by atoms with Gasteiger partial charge in [0.15, 0.2) is 0 Å². The molecule has 0 bridgehead atoms. The predicted molar refractivity (Wildman–Crippen MR) is 135 cm³/mol.